The van der Waals surface area contributed by atoms with Gasteiger partial charge in [0, 0.05) is 20.2 Å². The molecule has 1 N–H and O–H groups in total. The van der Waals surface area contributed by atoms with Gasteiger partial charge in [0.2, 0.25) is 0 Å². The first-order valence-electron chi connectivity index (χ1n) is 5.91. The zero-order valence-electron chi connectivity index (χ0n) is 11.3. The van der Waals surface area contributed by atoms with Crippen molar-refractivity contribution in [3.8, 4) is 0 Å². The lowest BCUT2D eigenvalue weighted by atomic mass is 10.2. The highest BCUT2D eigenvalue weighted by Crippen LogP contribution is 2.21. The molecule has 110 valence electrons. The minimum atomic E-state index is -0.505. The molecular formula is C13H12Cl2N4O2. The van der Waals surface area contributed by atoms with Crippen LogP contribution in [0.4, 0.5) is 5.82 Å². The van der Waals surface area contributed by atoms with Crippen molar-refractivity contribution in [2.75, 3.05) is 12.1 Å². The quantitative estimate of drug-likeness (QED) is 0.691. The molecule has 6 nitrogen and oxygen atoms in total. The Balaban J connectivity index is 2.27. The Morgan fingerprint density at radius 3 is 2.57 bits per heavy atom. The molecule has 0 fully saturated rings. The SMILES string of the molecule is CN(N=Cc1ccc(Cl)c(Cl)c1)c1cc(=O)n(C)c(=O)[nH]1. The number of halogens is 2. The van der Waals surface area contributed by atoms with E-state index in [-0.39, 0.29) is 0 Å². The third-order valence-corrected chi connectivity index (χ3v) is 3.54. The first kappa shape index (κ1) is 15.3. The van der Waals surface area contributed by atoms with E-state index in [2.05, 4.69) is 10.1 Å². The molecular weight excluding hydrogens is 315 g/mol. The summed E-state index contributed by atoms with van der Waals surface area (Å²) in [6.07, 6.45) is 1.54. The summed E-state index contributed by atoms with van der Waals surface area (Å²) in [7, 11) is 3.00. The predicted molar refractivity (Wildman–Crippen MR) is 84.8 cm³/mol. The van der Waals surface area contributed by atoms with Gasteiger partial charge in [-0.2, -0.15) is 5.10 Å². The summed E-state index contributed by atoms with van der Waals surface area (Å²) in [5, 5.41) is 6.39. The Hall–Kier alpha value is -2.05. The second-order valence-corrected chi connectivity index (χ2v) is 5.11. The second kappa shape index (κ2) is 6.15. The van der Waals surface area contributed by atoms with E-state index in [1.54, 1.807) is 25.2 Å². The molecule has 0 atom stereocenters. The van der Waals surface area contributed by atoms with Crippen LogP contribution >= 0.6 is 23.2 Å². The maximum atomic E-state index is 11.6. The van der Waals surface area contributed by atoms with Crippen LogP contribution in [0.5, 0.6) is 0 Å². The molecule has 1 heterocycles. The highest BCUT2D eigenvalue weighted by Gasteiger charge is 2.04. The van der Waals surface area contributed by atoms with Gasteiger partial charge in [0.25, 0.3) is 5.56 Å². The third-order valence-electron chi connectivity index (χ3n) is 2.80. The van der Waals surface area contributed by atoms with Gasteiger partial charge in [-0.25, -0.2) is 4.79 Å². The average Bonchev–Trinajstić information content (AvgIpc) is 2.45. The van der Waals surface area contributed by atoms with E-state index in [1.165, 1.54) is 24.3 Å². The van der Waals surface area contributed by atoms with E-state index in [1.807, 2.05) is 0 Å². The fourth-order valence-corrected chi connectivity index (χ4v) is 1.83. The van der Waals surface area contributed by atoms with E-state index in [4.69, 9.17) is 23.2 Å². The monoisotopic (exact) mass is 326 g/mol. The lowest BCUT2D eigenvalue weighted by molar-refractivity contribution is 0.766. The van der Waals surface area contributed by atoms with Crippen molar-refractivity contribution in [3.63, 3.8) is 0 Å². The number of hydrogen-bond donors (Lipinski definition) is 1. The Bertz CT molecular complexity index is 779. The molecule has 0 spiro atoms. The van der Waals surface area contributed by atoms with Crippen molar-refractivity contribution in [1.82, 2.24) is 9.55 Å². The van der Waals surface area contributed by atoms with Gasteiger partial charge < -0.3 is 0 Å². The number of rotatable bonds is 3. The van der Waals surface area contributed by atoms with Crippen LogP contribution in [-0.2, 0) is 7.05 Å². The number of benzene rings is 1. The summed E-state index contributed by atoms with van der Waals surface area (Å²) in [4.78, 5) is 25.6. The van der Waals surface area contributed by atoms with Crippen molar-refractivity contribution in [3.05, 3.63) is 60.7 Å². The number of hydrogen-bond acceptors (Lipinski definition) is 4. The molecule has 8 heteroatoms. The second-order valence-electron chi connectivity index (χ2n) is 4.30. The summed E-state index contributed by atoms with van der Waals surface area (Å²) in [6.45, 7) is 0. The topological polar surface area (TPSA) is 70.5 Å². The fraction of sp³-hybridized carbons (Fsp3) is 0.154. The van der Waals surface area contributed by atoms with Crippen molar-refractivity contribution >= 4 is 35.2 Å². The largest absolute Gasteiger partial charge is 0.329 e. The first-order chi connectivity index (χ1) is 9.88. The molecule has 0 aliphatic rings. The van der Waals surface area contributed by atoms with Gasteiger partial charge in [-0.05, 0) is 17.7 Å². The summed E-state index contributed by atoms with van der Waals surface area (Å²) in [6, 6.07) is 6.35. The Kier molecular flexibility index (Phi) is 4.50. The van der Waals surface area contributed by atoms with Crippen LogP contribution in [0, 0.1) is 0 Å². The number of nitrogens with zero attached hydrogens (tertiary/aromatic N) is 3. The normalized spacial score (nSPS) is 11.0. The van der Waals surface area contributed by atoms with Crippen molar-refractivity contribution in [2.24, 2.45) is 12.1 Å². The Labute approximate surface area is 130 Å². The minimum Gasteiger partial charge on any atom is -0.292 e. The van der Waals surface area contributed by atoms with Crippen LogP contribution in [-0.4, -0.2) is 22.8 Å². The zero-order chi connectivity index (χ0) is 15.6. The maximum absolute atomic E-state index is 11.6. The number of anilines is 1. The zero-order valence-corrected chi connectivity index (χ0v) is 12.8. The Morgan fingerprint density at radius 1 is 1.24 bits per heavy atom. The lowest BCUT2D eigenvalue weighted by Gasteiger charge is -2.12. The molecule has 21 heavy (non-hydrogen) atoms. The predicted octanol–water partition coefficient (Wildman–Crippen LogP) is 1.85. The molecule has 2 rings (SSSR count). The molecule has 0 aliphatic carbocycles. The van der Waals surface area contributed by atoms with Crippen molar-refractivity contribution < 1.29 is 0 Å². The summed E-state index contributed by atoms with van der Waals surface area (Å²) in [5.41, 5.74) is -0.179. The van der Waals surface area contributed by atoms with Gasteiger partial charge >= 0.3 is 5.69 Å². The molecule has 0 radical (unpaired) electrons. The number of aromatic nitrogens is 2. The molecule has 0 aliphatic heterocycles. The van der Waals surface area contributed by atoms with Gasteiger partial charge in [0.1, 0.15) is 5.82 Å². The fourth-order valence-electron chi connectivity index (χ4n) is 1.53. The maximum Gasteiger partial charge on any atom is 0.329 e. The van der Waals surface area contributed by atoms with Crippen LogP contribution < -0.4 is 16.3 Å². The van der Waals surface area contributed by atoms with Gasteiger partial charge in [-0.15, -0.1) is 0 Å². The van der Waals surface area contributed by atoms with Crippen LogP contribution in [0.25, 0.3) is 0 Å². The number of H-pyrrole nitrogens is 1. The summed E-state index contributed by atoms with van der Waals surface area (Å²) in [5.74, 6) is 0.291. The van der Waals surface area contributed by atoms with E-state index < -0.39 is 11.2 Å². The van der Waals surface area contributed by atoms with E-state index in [9.17, 15) is 9.59 Å². The Morgan fingerprint density at radius 2 is 1.95 bits per heavy atom. The third kappa shape index (κ3) is 3.53. The highest BCUT2D eigenvalue weighted by atomic mass is 35.5. The van der Waals surface area contributed by atoms with Gasteiger partial charge in [0.15, 0.2) is 0 Å². The standard InChI is InChI=1S/C13H12Cl2N4O2/c1-18-12(20)6-11(17-13(18)21)19(2)16-7-8-3-4-9(14)10(15)5-8/h3-7H,1-2H3,(H,17,21). The van der Waals surface area contributed by atoms with Crippen molar-refractivity contribution in [2.45, 2.75) is 0 Å². The molecule has 0 unspecified atom stereocenters. The van der Waals surface area contributed by atoms with E-state index >= 15 is 0 Å². The number of aromatic amines is 1. The molecule has 0 saturated heterocycles. The summed E-state index contributed by atoms with van der Waals surface area (Å²) >= 11 is 11.7. The van der Waals surface area contributed by atoms with Crippen LogP contribution in [0.15, 0.2) is 39.0 Å². The van der Waals surface area contributed by atoms with Crippen molar-refractivity contribution in [1.29, 1.82) is 0 Å². The molecule has 1 aromatic heterocycles. The van der Waals surface area contributed by atoms with E-state index in [0.29, 0.717) is 15.9 Å². The van der Waals surface area contributed by atoms with E-state index in [0.717, 1.165) is 10.1 Å². The lowest BCUT2D eigenvalue weighted by Crippen LogP contribution is -2.33. The smallest absolute Gasteiger partial charge is 0.292 e. The van der Waals surface area contributed by atoms with Gasteiger partial charge in [-0.1, -0.05) is 29.3 Å². The minimum absolute atomic E-state index is 0.291. The number of hydrazone groups is 1. The molecule has 0 saturated carbocycles. The highest BCUT2D eigenvalue weighted by molar-refractivity contribution is 6.42. The summed E-state index contributed by atoms with van der Waals surface area (Å²) < 4.78 is 0.972. The first-order valence-corrected chi connectivity index (χ1v) is 6.67. The molecule has 2 aromatic rings. The molecule has 0 amide bonds. The molecule has 1 aromatic carbocycles. The van der Waals surface area contributed by atoms with Gasteiger partial charge in [-0.3, -0.25) is 19.4 Å². The van der Waals surface area contributed by atoms with Crippen LogP contribution in [0.3, 0.4) is 0 Å². The van der Waals surface area contributed by atoms with Gasteiger partial charge in [0.05, 0.1) is 16.3 Å². The number of nitrogens with one attached hydrogen (secondary N) is 1. The van der Waals surface area contributed by atoms with Crippen LogP contribution in [0.2, 0.25) is 10.0 Å². The molecule has 0 bridgehead atoms. The van der Waals surface area contributed by atoms with Crippen LogP contribution in [0.1, 0.15) is 5.56 Å². The average molecular weight is 327 g/mol.